The van der Waals surface area contributed by atoms with Crippen molar-refractivity contribution in [1.82, 2.24) is 9.78 Å². The summed E-state index contributed by atoms with van der Waals surface area (Å²) in [5, 5.41) is 4.31. The SMILES string of the molecule is COc1ccc(-c2cc(C(C)(C)N)c(=O)n(C)n2)c(OC)c1. The van der Waals surface area contributed by atoms with Crippen LogP contribution in [0.15, 0.2) is 29.1 Å². The molecule has 0 aliphatic rings. The van der Waals surface area contributed by atoms with Crippen LogP contribution in [0.3, 0.4) is 0 Å². The summed E-state index contributed by atoms with van der Waals surface area (Å²) >= 11 is 0. The second-order valence-electron chi connectivity index (χ2n) is 5.66. The molecule has 2 N–H and O–H groups in total. The largest absolute Gasteiger partial charge is 0.497 e. The highest BCUT2D eigenvalue weighted by Gasteiger charge is 2.22. The lowest BCUT2D eigenvalue weighted by molar-refractivity contribution is 0.395. The molecule has 0 bridgehead atoms. The summed E-state index contributed by atoms with van der Waals surface area (Å²) in [5.74, 6) is 1.30. The van der Waals surface area contributed by atoms with Crippen LogP contribution in [-0.4, -0.2) is 24.0 Å². The van der Waals surface area contributed by atoms with Crippen molar-refractivity contribution in [2.45, 2.75) is 19.4 Å². The molecule has 2 rings (SSSR count). The zero-order valence-electron chi connectivity index (χ0n) is 13.5. The molecular formula is C16H21N3O3. The lowest BCUT2D eigenvalue weighted by atomic mass is 9.95. The minimum Gasteiger partial charge on any atom is -0.497 e. The van der Waals surface area contributed by atoms with Gasteiger partial charge in [-0.2, -0.15) is 5.10 Å². The molecular weight excluding hydrogens is 282 g/mol. The van der Waals surface area contributed by atoms with Crippen LogP contribution in [0.1, 0.15) is 19.4 Å². The monoisotopic (exact) mass is 303 g/mol. The van der Waals surface area contributed by atoms with Crippen molar-refractivity contribution in [1.29, 1.82) is 0 Å². The van der Waals surface area contributed by atoms with E-state index in [1.54, 1.807) is 47.2 Å². The Labute approximate surface area is 129 Å². The van der Waals surface area contributed by atoms with E-state index in [0.717, 1.165) is 5.56 Å². The summed E-state index contributed by atoms with van der Waals surface area (Å²) in [6.07, 6.45) is 0. The van der Waals surface area contributed by atoms with Gasteiger partial charge in [0.25, 0.3) is 5.56 Å². The normalized spacial score (nSPS) is 11.4. The van der Waals surface area contributed by atoms with Gasteiger partial charge in [-0.25, -0.2) is 4.68 Å². The van der Waals surface area contributed by atoms with Crippen LogP contribution in [0.4, 0.5) is 0 Å². The van der Waals surface area contributed by atoms with Gasteiger partial charge in [-0.3, -0.25) is 4.79 Å². The number of benzene rings is 1. The Kier molecular flexibility index (Phi) is 4.23. The number of aromatic nitrogens is 2. The summed E-state index contributed by atoms with van der Waals surface area (Å²) in [6.45, 7) is 3.58. The average molecular weight is 303 g/mol. The van der Waals surface area contributed by atoms with Crippen molar-refractivity contribution < 1.29 is 9.47 Å². The fourth-order valence-electron chi connectivity index (χ4n) is 2.21. The Hall–Kier alpha value is -2.34. The Morgan fingerprint density at radius 3 is 2.41 bits per heavy atom. The van der Waals surface area contributed by atoms with Gasteiger partial charge in [0.2, 0.25) is 0 Å². The van der Waals surface area contributed by atoms with Crippen LogP contribution in [0, 0.1) is 0 Å². The van der Waals surface area contributed by atoms with Gasteiger partial charge in [-0.15, -0.1) is 0 Å². The van der Waals surface area contributed by atoms with E-state index < -0.39 is 5.54 Å². The molecule has 1 aromatic heterocycles. The van der Waals surface area contributed by atoms with Gasteiger partial charge >= 0.3 is 0 Å². The molecule has 0 saturated carbocycles. The fourth-order valence-corrected chi connectivity index (χ4v) is 2.21. The van der Waals surface area contributed by atoms with Crippen molar-refractivity contribution >= 4 is 0 Å². The summed E-state index contributed by atoms with van der Waals surface area (Å²) in [4.78, 5) is 12.2. The van der Waals surface area contributed by atoms with Crippen molar-refractivity contribution in [3.05, 3.63) is 40.2 Å². The number of aryl methyl sites for hydroxylation is 1. The molecule has 6 nitrogen and oxygen atoms in total. The minimum atomic E-state index is -0.758. The maximum atomic E-state index is 12.2. The molecule has 1 heterocycles. The molecule has 0 radical (unpaired) electrons. The standard InChI is InChI=1S/C16H21N3O3/c1-16(2,17)12-9-13(18-19(3)15(12)20)11-7-6-10(21-4)8-14(11)22-5/h6-9H,17H2,1-5H3. The maximum Gasteiger partial charge on any atom is 0.271 e. The third-order valence-electron chi connectivity index (χ3n) is 3.44. The molecule has 0 unspecified atom stereocenters. The number of methoxy groups -OCH3 is 2. The molecule has 0 atom stereocenters. The van der Waals surface area contributed by atoms with Gasteiger partial charge < -0.3 is 15.2 Å². The first-order chi connectivity index (χ1) is 10.3. The predicted octanol–water partition coefficient (Wildman–Crippen LogP) is 1.66. The summed E-state index contributed by atoms with van der Waals surface area (Å²) in [5.41, 5.74) is 7.02. The molecule has 118 valence electrons. The number of nitrogens with two attached hydrogens (primary N) is 1. The van der Waals surface area contributed by atoms with Crippen LogP contribution in [0.5, 0.6) is 11.5 Å². The molecule has 6 heteroatoms. The number of hydrogen-bond donors (Lipinski definition) is 1. The zero-order valence-corrected chi connectivity index (χ0v) is 13.5. The Morgan fingerprint density at radius 2 is 1.86 bits per heavy atom. The lowest BCUT2D eigenvalue weighted by Crippen LogP contribution is -2.38. The van der Waals surface area contributed by atoms with Crippen molar-refractivity contribution in [2.24, 2.45) is 12.8 Å². The van der Waals surface area contributed by atoms with Crippen LogP contribution in [-0.2, 0) is 12.6 Å². The molecule has 0 fully saturated rings. The average Bonchev–Trinajstić information content (AvgIpc) is 2.48. The van der Waals surface area contributed by atoms with Crippen molar-refractivity contribution in [3.63, 3.8) is 0 Å². The zero-order chi connectivity index (χ0) is 16.5. The van der Waals surface area contributed by atoms with Crippen LogP contribution in [0.25, 0.3) is 11.3 Å². The topological polar surface area (TPSA) is 79.4 Å². The van der Waals surface area contributed by atoms with Gasteiger partial charge in [0.05, 0.1) is 19.9 Å². The van der Waals surface area contributed by atoms with Gasteiger partial charge in [0.1, 0.15) is 11.5 Å². The third-order valence-corrected chi connectivity index (χ3v) is 3.44. The number of ether oxygens (including phenoxy) is 2. The second-order valence-corrected chi connectivity index (χ2v) is 5.66. The lowest BCUT2D eigenvalue weighted by Gasteiger charge is -2.20. The minimum absolute atomic E-state index is 0.205. The highest BCUT2D eigenvalue weighted by Crippen LogP contribution is 2.32. The molecule has 0 aliphatic carbocycles. The molecule has 0 amide bonds. The first kappa shape index (κ1) is 16.0. The number of nitrogens with zero attached hydrogens (tertiary/aromatic N) is 2. The molecule has 2 aromatic rings. The maximum absolute atomic E-state index is 12.2. The smallest absolute Gasteiger partial charge is 0.271 e. The molecule has 0 saturated heterocycles. The van der Waals surface area contributed by atoms with E-state index in [0.29, 0.717) is 22.8 Å². The third kappa shape index (κ3) is 2.96. The van der Waals surface area contributed by atoms with Crippen molar-refractivity contribution in [3.8, 4) is 22.8 Å². The van der Waals surface area contributed by atoms with E-state index in [4.69, 9.17) is 15.2 Å². The highest BCUT2D eigenvalue weighted by atomic mass is 16.5. The van der Waals surface area contributed by atoms with Crippen LogP contribution < -0.4 is 20.8 Å². The highest BCUT2D eigenvalue weighted by molar-refractivity contribution is 5.68. The van der Waals surface area contributed by atoms with E-state index in [1.807, 2.05) is 12.1 Å². The summed E-state index contributed by atoms with van der Waals surface area (Å²) < 4.78 is 11.9. The van der Waals surface area contributed by atoms with E-state index >= 15 is 0 Å². The molecule has 0 spiro atoms. The first-order valence-corrected chi connectivity index (χ1v) is 6.88. The second kappa shape index (κ2) is 5.81. The quantitative estimate of drug-likeness (QED) is 0.929. The summed E-state index contributed by atoms with van der Waals surface area (Å²) in [7, 11) is 4.78. The van der Waals surface area contributed by atoms with Crippen LogP contribution >= 0.6 is 0 Å². The fraction of sp³-hybridized carbons (Fsp3) is 0.375. The van der Waals surface area contributed by atoms with Crippen molar-refractivity contribution in [2.75, 3.05) is 14.2 Å². The van der Waals surface area contributed by atoms with Gasteiger partial charge in [-0.1, -0.05) is 0 Å². The molecule has 22 heavy (non-hydrogen) atoms. The van der Waals surface area contributed by atoms with E-state index in [2.05, 4.69) is 5.10 Å². The Balaban J connectivity index is 2.68. The predicted molar refractivity (Wildman–Crippen MR) is 85.2 cm³/mol. The summed E-state index contributed by atoms with van der Waals surface area (Å²) in [6, 6.07) is 7.15. The molecule has 1 aromatic carbocycles. The molecule has 0 aliphatic heterocycles. The van der Waals surface area contributed by atoms with Crippen LogP contribution in [0.2, 0.25) is 0 Å². The van der Waals surface area contributed by atoms with Gasteiger partial charge in [0.15, 0.2) is 0 Å². The number of rotatable bonds is 4. The Morgan fingerprint density at radius 1 is 1.18 bits per heavy atom. The van der Waals surface area contributed by atoms with E-state index in [-0.39, 0.29) is 5.56 Å². The van der Waals surface area contributed by atoms with E-state index in [1.165, 1.54) is 4.68 Å². The first-order valence-electron chi connectivity index (χ1n) is 6.88. The van der Waals surface area contributed by atoms with E-state index in [9.17, 15) is 4.79 Å². The van der Waals surface area contributed by atoms with Gasteiger partial charge in [0, 0.05) is 29.8 Å². The van der Waals surface area contributed by atoms with Gasteiger partial charge in [-0.05, 0) is 32.0 Å². The Bertz CT molecular complexity index is 745. The number of hydrogen-bond acceptors (Lipinski definition) is 5.